The van der Waals surface area contributed by atoms with Crippen LogP contribution in [-0.4, -0.2) is 75.2 Å². The van der Waals surface area contributed by atoms with Crippen LogP contribution in [-0.2, 0) is 11.8 Å². The Morgan fingerprint density at radius 1 is 1.19 bits per heavy atom. The predicted molar refractivity (Wildman–Crippen MR) is 135 cm³/mol. The number of carbonyl (C=O) groups excluding carboxylic acids is 1. The van der Waals surface area contributed by atoms with Gasteiger partial charge in [-0.2, -0.15) is 0 Å². The molecule has 6 nitrogen and oxygen atoms in total. The minimum absolute atomic E-state index is 0. The SMILES string of the molecule is Cl.Cl.Cl.Cn1c(C2CCN([C@@H]3CN[C@H](C(=O)N4CCSC4)C3)CC2)nc2cc(F)ccc21. The van der Waals surface area contributed by atoms with E-state index < -0.39 is 0 Å². The third-order valence-electron chi connectivity index (χ3n) is 6.76. The third-order valence-corrected chi connectivity index (χ3v) is 7.72. The van der Waals surface area contributed by atoms with Crippen LogP contribution in [0.1, 0.15) is 31.0 Å². The largest absolute Gasteiger partial charge is 0.331 e. The highest BCUT2D eigenvalue weighted by molar-refractivity contribution is 7.99. The Balaban J connectivity index is 0.00000121. The fourth-order valence-corrected chi connectivity index (χ4v) is 6.03. The first kappa shape index (κ1) is 27.5. The molecule has 0 spiro atoms. The molecular formula is C21H31Cl3FN5OS. The lowest BCUT2D eigenvalue weighted by molar-refractivity contribution is -0.131. The molecule has 32 heavy (non-hydrogen) atoms. The number of amides is 1. The van der Waals surface area contributed by atoms with E-state index in [1.807, 2.05) is 29.8 Å². The molecule has 2 atom stereocenters. The first-order chi connectivity index (χ1) is 14.1. The Labute approximate surface area is 211 Å². The van der Waals surface area contributed by atoms with Gasteiger partial charge in [0.25, 0.3) is 0 Å². The smallest absolute Gasteiger partial charge is 0.240 e. The summed E-state index contributed by atoms with van der Waals surface area (Å²) in [6, 6.07) is 5.26. The van der Waals surface area contributed by atoms with Crippen LogP contribution in [0, 0.1) is 5.82 Å². The summed E-state index contributed by atoms with van der Waals surface area (Å²) < 4.78 is 15.7. The molecule has 3 saturated heterocycles. The van der Waals surface area contributed by atoms with Gasteiger partial charge in [-0.15, -0.1) is 49.0 Å². The fourth-order valence-electron chi connectivity index (χ4n) is 5.07. The number of carbonyl (C=O) groups is 1. The Bertz CT molecular complexity index is 918. The molecule has 0 saturated carbocycles. The normalized spacial score (nSPS) is 24.1. The number of fused-ring (bicyclic) bond motifs is 1. The molecule has 5 rings (SSSR count). The number of piperidine rings is 1. The van der Waals surface area contributed by atoms with Gasteiger partial charge in [-0.05, 0) is 44.5 Å². The number of benzene rings is 1. The summed E-state index contributed by atoms with van der Waals surface area (Å²) in [6.45, 7) is 3.83. The number of rotatable bonds is 3. The molecule has 0 unspecified atom stereocenters. The molecule has 1 aromatic heterocycles. The van der Waals surface area contributed by atoms with Gasteiger partial charge in [0, 0.05) is 43.9 Å². The molecule has 1 amide bonds. The Hall–Kier alpha value is -0.770. The van der Waals surface area contributed by atoms with Gasteiger partial charge in [-0.1, -0.05) is 0 Å². The topological polar surface area (TPSA) is 53.4 Å². The minimum Gasteiger partial charge on any atom is -0.331 e. The summed E-state index contributed by atoms with van der Waals surface area (Å²) >= 11 is 1.84. The van der Waals surface area contributed by atoms with E-state index >= 15 is 0 Å². The van der Waals surface area contributed by atoms with Gasteiger partial charge < -0.3 is 14.8 Å². The van der Waals surface area contributed by atoms with E-state index in [9.17, 15) is 9.18 Å². The number of nitrogens with one attached hydrogen (secondary N) is 1. The zero-order valence-electron chi connectivity index (χ0n) is 18.0. The van der Waals surface area contributed by atoms with Crippen LogP contribution < -0.4 is 5.32 Å². The van der Waals surface area contributed by atoms with E-state index in [-0.39, 0.29) is 55.0 Å². The molecule has 3 fully saturated rings. The standard InChI is InChI=1S/C21H28FN5OS.3ClH/c1-25-19-3-2-15(22)10-17(19)24-20(25)14-4-6-26(7-5-14)16-11-18(23-12-16)21(28)27-8-9-29-13-27;;;/h2-3,10,14,16,18,23H,4-9,11-13H2,1H3;3*1H/t16-,18-;;;/m0.../s1. The lowest BCUT2D eigenvalue weighted by atomic mass is 9.94. The molecule has 2 aromatic rings. The first-order valence-electron chi connectivity index (χ1n) is 10.6. The van der Waals surface area contributed by atoms with E-state index in [1.54, 1.807) is 0 Å². The maximum absolute atomic E-state index is 13.5. The molecule has 0 radical (unpaired) electrons. The van der Waals surface area contributed by atoms with E-state index in [2.05, 4.69) is 14.8 Å². The molecule has 1 aromatic carbocycles. The van der Waals surface area contributed by atoms with Gasteiger partial charge >= 0.3 is 0 Å². The van der Waals surface area contributed by atoms with Crippen LogP contribution in [0.2, 0.25) is 0 Å². The van der Waals surface area contributed by atoms with Crippen molar-refractivity contribution in [2.24, 2.45) is 7.05 Å². The second-order valence-electron chi connectivity index (χ2n) is 8.46. The number of halogens is 4. The van der Waals surface area contributed by atoms with Crippen LogP contribution in [0.15, 0.2) is 18.2 Å². The highest BCUT2D eigenvalue weighted by atomic mass is 35.5. The summed E-state index contributed by atoms with van der Waals surface area (Å²) in [6.07, 6.45) is 3.02. The fraction of sp³-hybridized carbons (Fsp3) is 0.619. The number of likely N-dealkylation sites (tertiary alicyclic amines) is 1. The molecule has 4 heterocycles. The van der Waals surface area contributed by atoms with Crippen molar-refractivity contribution in [3.05, 3.63) is 29.8 Å². The van der Waals surface area contributed by atoms with Crippen LogP contribution in [0.4, 0.5) is 4.39 Å². The second kappa shape index (κ2) is 11.6. The summed E-state index contributed by atoms with van der Waals surface area (Å²) in [7, 11) is 2.03. The van der Waals surface area contributed by atoms with Gasteiger partial charge in [-0.3, -0.25) is 9.69 Å². The average Bonchev–Trinajstić information content (AvgIpc) is 3.48. The number of hydrogen-bond acceptors (Lipinski definition) is 5. The van der Waals surface area contributed by atoms with Gasteiger partial charge in [0.15, 0.2) is 0 Å². The van der Waals surface area contributed by atoms with Crippen molar-refractivity contribution in [2.45, 2.75) is 37.3 Å². The lowest BCUT2D eigenvalue weighted by Crippen LogP contribution is -2.42. The van der Waals surface area contributed by atoms with Crippen LogP contribution in [0.3, 0.4) is 0 Å². The highest BCUT2D eigenvalue weighted by Crippen LogP contribution is 2.31. The van der Waals surface area contributed by atoms with E-state index in [1.165, 1.54) is 12.1 Å². The molecule has 1 N–H and O–H groups in total. The Kier molecular flexibility index (Phi) is 9.94. The molecule has 0 aliphatic carbocycles. The summed E-state index contributed by atoms with van der Waals surface area (Å²) in [4.78, 5) is 21.9. The molecule has 180 valence electrons. The van der Waals surface area contributed by atoms with Crippen molar-refractivity contribution in [2.75, 3.05) is 37.8 Å². The zero-order valence-corrected chi connectivity index (χ0v) is 21.3. The Morgan fingerprint density at radius 3 is 2.62 bits per heavy atom. The third kappa shape index (κ3) is 5.31. The molecule has 3 aliphatic rings. The molecule has 11 heteroatoms. The van der Waals surface area contributed by atoms with Crippen molar-refractivity contribution in [3.63, 3.8) is 0 Å². The van der Waals surface area contributed by atoms with Gasteiger partial charge in [-0.25, -0.2) is 9.37 Å². The van der Waals surface area contributed by atoms with Crippen molar-refractivity contribution < 1.29 is 9.18 Å². The number of hydrogen-bond donors (Lipinski definition) is 1. The molecular weight excluding hydrogens is 496 g/mol. The van der Waals surface area contributed by atoms with Crippen molar-refractivity contribution in [1.29, 1.82) is 0 Å². The average molecular weight is 527 g/mol. The minimum atomic E-state index is -0.234. The van der Waals surface area contributed by atoms with E-state index in [0.29, 0.717) is 12.0 Å². The van der Waals surface area contributed by atoms with Gasteiger partial charge in [0.2, 0.25) is 5.91 Å². The number of aromatic nitrogens is 2. The maximum atomic E-state index is 13.5. The number of aryl methyl sites for hydroxylation is 1. The maximum Gasteiger partial charge on any atom is 0.240 e. The predicted octanol–water partition coefficient (Wildman–Crippen LogP) is 3.42. The van der Waals surface area contributed by atoms with Crippen molar-refractivity contribution in [3.8, 4) is 0 Å². The van der Waals surface area contributed by atoms with E-state index in [0.717, 1.165) is 73.9 Å². The summed E-state index contributed by atoms with van der Waals surface area (Å²) in [5.74, 6) is 3.41. The van der Waals surface area contributed by atoms with Crippen LogP contribution in [0.25, 0.3) is 11.0 Å². The number of nitrogens with zero attached hydrogens (tertiary/aromatic N) is 4. The first-order valence-corrected chi connectivity index (χ1v) is 11.7. The quantitative estimate of drug-likeness (QED) is 0.664. The van der Waals surface area contributed by atoms with E-state index in [4.69, 9.17) is 4.98 Å². The van der Waals surface area contributed by atoms with Crippen molar-refractivity contribution >= 4 is 65.9 Å². The number of thioether (sulfide) groups is 1. The Morgan fingerprint density at radius 2 is 1.94 bits per heavy atom. The second-order valence-corrected chi connectivity index (χ2v) is 9.54. The lowest BCUT2D eigenvalue weighted by Gasteiger charge is -2.35. The van der Waals surface area contributed by atoms with Crippen LogP contribution in [0.5, 0.6) is 0 Å². The monoisotopic (exact) mass is 525 g/mol. The summed E-state index contributed by atoms with van der Waals surface area (Å²) in [5.41, 5.74) is 1.73. The van der Waals surface area contributed by atoms with Crippen molar-refractivity contribution in [1.82, 2.24) is 24.7 Å². The van der Waals surface area contributed by atoms with Crippen LogP contribution >= 0.6 is 49.0 Å². The van der Waals surface area contributed by atoms with Gasteiger partial charge in [0.1, 0.15) is 11.6 Å². The highest BCUT2D eigenvalue weighted by Gasteiger charge is 2.37. The molecule has 0 bridgehead atoms. The van der Waals surface area contributed by atoms with Gasteiger partial charge in [0.05, 0.1) is 23.0 Å². The molecule has 3 aliphatic heterocycles. The summed E-state index contributed by atoms with van der Waals surface area (Å²) in [5, 5.41) is 3.46. The zero-order chi connectivity index (χ0) is 20.0. The number of imidazole rings is 1.